The predicted molar refractivity (Wildman–Crippen MR) is 55.8 cm³/mol. The molecule has 2 rings (SSSR count). The van der Waals surface area contributed by atoms with Crippen LogP contribution < -0.4 is 5.32 Å². The van der Waals surface area contributed by atoms with Crippen LogP contribution in [-0.2, 0) is 0 Å². The van der Waals surface area contributed by atoms with Gasteiger partial charge in [0.15, 0.2) is 0 Å². The van der Waals surface area contributed by atoms with Crippen LogP contribution in [0.15, 0.2) is 0 Å². The molecule has 2 fully saturated rings. The second-order valence-corrected chi connectivity index (χ2v) is 4.81. The van der Waals surface area contributed by atoms with E-state index < -0.39 is 0 Å². The monoisotopic (exact) mass is 182 g/mol. The lowest BCUT2D eigenvalue weighted by atomic mass is 10.1. The highest BCUT2D eigenvalue weighted by Gasteiger charge is 2.31. The van der Waals surface area contributed by atoms with Gasteiger partial charge in [-0.05, 0) is 52.1 Å². The van der Waals surface area contributed by atoms with Crippen molar-refractivity contribution in [3.63, 3.8) is 0 Å². The molecule has 1 heterocycles. The van der Waals surface area contributed by atoms with E-state index in [0.717, 1.165) is 18.0 Å². The van der Waals surface area contributed by atoms with Gasteiger partial charge in [-0.1, -0.05) is 0 Å². The first-order valence-electron chi connectivity index (χ1n) is 5.71. The average Bonchev–Trinajstić information content (AvgIpc) is 2.85. The van der Waals surface area contributed by atoms with Gasteiger partial charge in [-0.25, -0.2) is 0 Å². The topological polar surface area (TPSA) is 15.3 Å². The summed E-state index contributed by atoms with van der Waals surface area (Å²) in [7, 11) is 2.28. The standard InChI is InChI=1S/C11H22N2/c1-9(10-5-6-10)13(2)8-11-4-3-7-12-11/h9-12H,3-8H2,1-2H3/t9?,11-/m1/s1. The Labute approximate surface area is 81.7 Å². The molecule has 0 amide bonds. The van der Waals surface area contributed by atoms with E-state index in [9.17, 15) is 0 Å². The summed E-state index contributed by atoms with van der Waals surface area (Å²) in [6.07, 6.45) is 5.67. The molecule has 76 valence electrons. The van der Waals surface area contributed by atoms with E-state index >= 15 is 0 Å². The van der Waals surface area contributed by atoms with Crippen LogP contribution in [0.5, 0.6) is 0 Å². The van der Waals surface area contributed by atoms with Gasteiger partial charge in [0.25, 0.3) is 0 Å². The largest absolute Gasteiger partial charge is 0.313 e. The van der Waals surface area contributed by atoms with Gasteiger partial charge in [0, 0.05) is 18.6 Å². The van der Waals surface area contributed by atoms with E-state index in [2.05, 4.69) is 24.2 Å². The number of hydrogen-bond donors (Lipinski definition) is 1. The van der Waals surface area contributed by atoms with Crippen LogP contribution in [0.1, 0.15) is 32.6 Å². The number of nitrogens with zero attached hydrogens (tertiary/aromatic N) is 1. The van der Waals surface area contributed by atoms with Crippen molar-refractivity contribution in [3.8, 4) is 0 Å². The third-order valence-electron chi connectivity index (χ3n) is 3.67. The minimum absolute atomic E-state index is 0.770. The lowest BCUT2D eigenvalue weighted by molar-refractivity contribution is 0.215. The Morgan fingerprint density at radius 3 is 2.69 bits per heavy atom. The zero-order valence-corrected chi connectivity index (χ0v) is 8.92. The van der Waals surface area contributed by atoms with Crippen LogP contribution >= 0.6 is 0 Å². The lowest BCUT2D eigenvalue weighted by Crippen LogP contribution is -2.40. The molecule has 2 nitrogen and oxygen atoms in total. The summed E-state index contributed by atoms with van der Waals surface area (Å²) < 4.78 is 0. The van der Waals surface area contributed by atoms with Crippen molar-refractivity contribution >= 4 is 0 Å². The van der Waals surface area contributed by atoms with Crippen molar-refractivity contribution in [2.75, 3.05) is 20.1 Å². The van der Waals surface area contributed by atoms with Crippen LogP contribution in [0.25, 0.3) is 0 Å². The van der Waals surface area contributed by atoms with Crippen LogP contribution in [-0.4, -0.2) is 37.1 Å². The Hall–Kier alpha value is -0.0800. The van der Waals surface area contributed by atoms with Gasteiger partial charge in [-0.15, -0.1) is 0 Å². The SMILES string of the molecule is CC(C1CC1)N(C)C[C@H]1CCCN1. The Balaban J connectivity index is 1.72. The summed E-state index contributed by atoms with van der Waals surface area (Å²) in [6, 6.07) is 1.58. The first kappa shape index (κ1) is 9.47. The highest BCUT2D eigenvalue weighted by molar-refractivity contribution is 4.86. The summed E-state index contributed by atoms with van der Waals surface area (Å²) in [5.74, 6) is 1.01. The maximum absolute atomic E-state index is 3.56. The quantitative estimate of drug-likeness (QED) is 0.708. The molecule has 1 aliphatic carbocycles. The van der Waals surface area contributed by atoms with E-state index in [1.54, 1.807) is 0 Å². The summed E-state index contributed by atoms with van der Waals surface area (Å²) in [6.45, 7) is 4.86. The smallest absolute Gasteiger partial charge is 0.0195 e. The summed E-state index contributed by atoms with van der Waals surface area (Å²) >= 11 is 0. The Kier molecular flexibility index (Phi) is 2.89. The van der Waals surface area contributed by atoms with Gasteiger partial charge in [0.05, 0.1) is 0 Å². The molecule has 1 unspecified atom stereocenters. The van der Waals surface area contributed by atoms with Gasteiger partial charge in [0.1, 0.15) is 0 Å². The molecule has 2 atom stereocenters. The van der Waals surface area contributed by atoms with Gasteiger partial charge in [-0.3, -0.25) is 0 Å². The molecule has 2 aliphatic rings. The minimum Gasteiger partial charge on any atom is -0.313 e. The van der Waals surface area contributed by atoms with Crippen molar-refractivity contribution in [3.05, 3.63) is 0 Å². The molecule has 0 aromatic heterocycles. The molecule has 0 radical (unpaired) electrons. The van der Waals surface area contributed by atoms with E-state index in [4.69, 9.17) is 0 Å². The fraction of sp³-hybridized carbons (Fsp3) is 1.00. The highest BCUT2D eigenvalue weighted by atomic mass is 15.2. The second kappa shape index (κ2) is 3.97. The van der Waals surface area contributed by atoms with Crippen molar-refractivity contribution < 1.29 is 0 Å². The number of nitrogens with one attached hydrogen (secondary N) is 1. The van der Waals surface area contributed by atoms with Gasteiger partial charge in [0.2, 0.25) is 0 Å². The fourth-order valence-electron chi connectivity index (χ4n) is 2.36. The molecule has 0 aromatic rings. The second-order valence-electron chi connectivity index (χ2n) is 4.81. The van der Waals surface area contributed by atoms with Crippen LogP contribution in [0.3, 0.4) is 0 Å². The minimum atomic E-state index is 0.770. The van der Waals surface area contributed by atoms with Crippen molar-refractivity contribution in [1.29, 1.82) is 0 Å². The van der Waals surface area contributed by atoms with E-state index in [1.807, 2.05) is 0 Å². The first-order valence-corrected chi connectivity index (χ1v) is 5.71. The summed E-state index contributed by atoms with van der Waals surface area (Å²) in [4.78, 5) is 2.54. The van der Waals surface area contributed by atoms with E-state index in [0.29, 0.717) is 0 Å². The molecule has 1 N–H and O–H groups in total. The molecule has 1 aliphatic heterocycles. The van der Waals surface area contributed by atoms with Gasteiger partial charge < -0.3 is 10.2 Å². The van der Waals surface area contributed by atoms with Crippen molar-refractivity contribution in [2.24, 2.45) is 5.92 Å². The Morgan fingerprint density at radius 2 is 2.15 bits per heavy atom. The Morgan fingerprint density at radius 1 is 1.38 bits per heavy atom. The molecule has 1 saturated carbocycles. The molecular weight excluding hydrogens is 160 g/mol. The van der Waals surface area contributed by atoms with Crippen molar-refractivity contribution in [2.45, 2.75) is 44.7 Å². The average molecular weight is 182 g/mol. The third-order valence-corrected chi connectivity index (χ3v) is 3.67. The Bertz CT molecular complexity index is 159. The van der Waals surface area contributed by atoms with Gasteiger partial charge in [-0.2, -0.15) is 0 Å². The molecular formula is C11H22N2. The number of hydrogen-bond acceptors (Lipinski definition) is 2. The van der Waals surface area contributed by atoms with Crippen molar-refractivity contribution in [1.82, 2.24) is 10.2 Å². The highest BCUT2D eigenvalue weighted by Crippen LogP contribution is 2.34. The van der Waals surface area contributed by atoms with Crippen LogP contribution in [0, 0.1) is 5.92 Å². The van der Waals surface area contributed by atoms with Crippen LogP contribution in [0.4, 0.5) is 0 Å². The maximum atomic E-state index is 3.56. The molecule has 1 saturated heterocycles. The summed E-state index contributed by atoms with van der Waals surface area (Å²) in [5.41, 5.74) is 0. The lowest BCUT2D eigenvalue weighted by Gasteiger charge is -2.27. The van der Waals surface area contributed by atoms with Gasteiger partial charge >= 0.3 is 0 Å². The third kappa shape index (κ3) is 2.44. The normalized spacial score (nSPS) is 31.2. The summed E-state index contributed by atoms with van der Waals surface area (Å²) in [5, 5.41) is 3.56. The molecule has 0 aromatic carbocycles. The molecule has 2 heteroatoms. The number of likely N-dealkylation sites (N-methyl/N-ethyl adjacent to an activating group) is 1. The zero-order chi connectivity index (χ0) is 9.26. The molecule has 0 bridgehead atoms. The van der Waals surface area contributed by atoms with E-state index in [-0.39, 0.29) is 0 Å². The fourth-order valence-corrected chi connectivity index (χ4v) is 2.36. The zero-order valence-electron chi connectivity index (χ0n) is 8.92. The maximum Gasteiger partial charge on any atom is 0.0195 e. The number of rotatable bonds is 4. The van der Waals surface area contributed by atoms with E-state index in [1.165, 1.54) is 38.8 Å². The van der Waals surface area contributed by atoms with Crippen LogP contribution in [0.2, 0.25) is 0 Å². The predicted octanol–water partition coefficient (Wildman–Crippen LogP) is 1.47. The molecule has 0 spiro atoms. The first-order chi connectivity index (χ1) is 6.27. The molecule has 13 heavy (non-hydrogen) atoms.